The van der Waals surface area contributed by atoms with Gasteiger partial charge in [0.1, 0.15) is 5.82 Å². The number of nitrogens with zero attached hydrogens (tertiary/aromatic N) is 1. The lowest BCUT2D eigenvalue weighted by atomic mass is 10.0. The summed E-state index contributed by atoms with van der Waals surface area (Å²) in [5.74, 6) is -0.186. The first-order valence-corrected chi connectivity index (χ1v) is 7.73. The van der Waals surface area contributed by atoms with Gasteiger partial charge in [-0.15, -0.1) is 0 Å². The molecule has 0 saturated carbocycles. The summed E-state index contributed by atoms with van der Waals surface area (Å²) in [4.78, 5) is 2.06. The molecular weight excluding hydrogens is 331 g/mol. The maximum Gasteiger partial charge on any atom is 0.128 e. The fraction of sp³-hybridized carbons (Fsp3) is 0.294. The molecule has 0 heterocycles. The quantitative estimate of drug-likeness (QED) is 0.857. The molecule has 0 spiro atoms. The van der Waals surface area contributed by atoms with Gasteiger partial charge in [0.25, 0.3) is 0 Å². The minimum atomic E-state index is -0.186. The molecule has 2 rings (SSSR count). The van der Waals surface area contributed by atoms with Crippen LogP contribution in [0.2, 0.25) is 0 Å². The van der Waals surface area contributed by atoms with Gasteiger partial charge in [0, 0.05) is 28.8 Å². The third-order valence-electron chi connectivity index (χ3n) is 3.80. The third kappa shape index (κ3) is 3.44. The molecule has 0 aliphatic rings. The number of hydrogen-bond acceptors (Lipinski definition) is 2. The minimum absolute atomic E-state index is 0.0802. The molecule has 21 heavy (non-hydrogen) atoms. The van der Waals surface area contributed by atoms with Crippen molar-refractivity contribution in [2.75, 3.05) is 11.9 Å². The van der Waals surface area contributed by atoms with E-state index in [0.717, 1.165) is 15.7 Å². The second kappa shape index (κ2) is 6.58. The van der Waals surface area contributed by atoms with E-state index in [-0.39, 0.29) is 17.9 Å². The van der Waals surface area contributed by atoms with Crippen LogP contribution in [0.1, 0.15) is 37.1 Å². The second-order valence-corrected chi connectivity index (χ2v) is 6.22. The van der Waals surface area contributed by atoms with E-state index >= 15 is 0 Å². The number of hydrogen-bond donors (Lipinski definition) is 1. The van der Waals surface area contributed by atoms with Crippen molar-refractivity contribution >= 4 is 21.6 Å². The van der Waals surface area contributed by atoms with Crippen LogP contribution in [0.5, 0.6) is 0 Å². The van der Waals surface area contributed by atoms with Crippen molar-refractivity contribution < 1.29 is 4.39 Å². The predicted octanol–water partition coefficient (Wildman–Crippen LogP) is 4.81. The first kappa shape index (κ1) is 16.0. The molecule has 0 amide bonds. The minimum Gasteiger partial charge on any atom is -0.367 e. The van der Waals surface area contributed by atoms with E-state index in [0.29, 0.717) is 5.56 Å². The van der Waals surface area contributed by atoms with Crippen molar-refractivity contribution in [1.29, 1.82) is 0 Å². The number of rotatable bonds is 4. The van der Waals surface area contributed by atoms with Gasteiger partial charge in [0.2, 0.25) is 0 Å². The number of halogens is 2. The first-order valence-electron chi connectivity index (χ1n) is 6.94. The molecule has 2 aromatic rings. The van der Waals surface area contributed by atoms with E-state index in [1.807, 2.05) is 51.2 Å². The molecule has 0 aliphatic heterocycles. The maximum atomic E-state index is 14.0. The summed E-state index contributed by atoms with van der Waals surface area (Å²) in [6.45, 7) is 3.94. The van der Waals surface area contributed by atoms with E-state index in [1.165, 1.54) is 6.07 Å². The van der Waals surface area contributed by atoms with Crippen molar-refractivity contribution in [3.8, 4) is 0 Å². The van der Waals surface area contributed by atoms with Crippen LogP contribution >= 0.6 is 15.9 Å². The molecule has 2 unspecified atom stereocenters. The smallest absolute Gasteiger partial charge is 0.128 e. The summed E-state index contributed by atoms with van der Waals surface area (Å²) >= 11 is 3.49. The van der Waals surface area contributed by atoms with Gasteiger partial charge >= 0.3 is 0 Å². The summed E-state index contributed by atoms with van der Waals surface area (Å²) in [5, 5.41) is 0. The molecule has 0 aliphatic carbocycles. The van der Waals surface area contributed by atoms with Gasteiger partial charge in [-0.25, -0.2) is 4.39 Å². The van der Waals surface area contributed by atoms with Crippen LogP contribution < -0.4 is 10.6 Å². The lowest BCUT2D eigenvalue weighted by Crippen LogP contribution is -2.25. The summed E-state index contributed by atoms with van der Waals surface area (Å²) in [6.07, 6.45) is 0. The molecule has 2 nitrogen and oxygen atoms in total. The number of benzene rings is 2. The zero-order valence-electron chi connectivity index (χ0n) is 12.5. The molecule has 0 radical (unpaired) electrons. The Bertz CT molecular complexity index is 628. The Morgan fingerprint density at radius 2 is 1.76 bits per heavy atom. The van der Waals surface area contributed by atoms with Crippen LogP contribution in [0.25, 0.3) is 0 Å². The largest absolute Gasteiger partial charge is 0.367 e. The number of anilines is 1. The highest BCUT2D eigenvalue weighted by atomic mass is 79.9. The SMILES string of the molecule is CC(N)c1ccc(Br)cc1N(C)C(C)c1ccccc1F. The summed E-state index contributed by atoms with van der Waals surface area (Å²) in [5.41, 5.74) is 8.79. The Hall–Kier alpha value is -1.39. The average molecular weight is 351 g/mol. The number of nitrogens with two attached hydrogens (primary N) is 1. The van der Waals surface area contributed by atoms with Crippen LogP contribution in [-0.4, -0.2) is 7.05 Å². The molecule has 112 valence electrons. The van der Waals surface area contributed by atoms with Gasteiger partial charge in [-0.1, -0.05) is 40.2 Å². The fourth-order valence-corrected chi connectivity index (χ4v) is 2.79. The van der Waals surface area contributed by atoms with Crippen molar-refractivity contribution in [3.63, 3.8) is 0 Å². The zero-order valence-corrected chi connectivity index (χ0v) is 14.1. The lowest BCUT2D eigenvalue weighted by molar-refractivity contribution is 0.584. The second-order valence-electron chi connectivity index (χ2n) is 5.30. The lowest BCUT2D eigenvalue weighted by Gasteiger charge is -2.30. The Morgan fingerprint density at radius 1 is 1.10 bits per heavy atom. The summed E-state index contributed by atoms with van der Waals surface area (Å²) in [6, 6.07) is 12.7. The van der Waals surface area contributed by atoms with Gasteiger partial charge in [0.05, 0.1) is 6.04 Å². The molecular formula is C17H20BrFN2. The monoisotopic (exact) mass is 350 g/mol. The molecule has 0 aromatic heterocycles. The van der Waals surface area contributed by atoms with Gasteiger partial charge in [-0.2, -0.15) is 0 Å². The van der Waals surface area contributed by atoms with E-state index in [1.54, 1.807) is 6.07 Å². The Kier molecular flexibility index (Phi) is 5.01. The van der Waals surface area contributed by atoms with Gasteiger partial charge < -0.3 is 10.6 Å². The van der Waals surface area contributed by atoms with E-state index in [9.17, 15) is 4.39 Å². The highest BCUT2D eigenvalue weighted by Crippen LogP contribution is 2.33. The zero-order chi connectivity index (χ0) is 15.6. The molecule has 4 heteroatoms. The Balaban J connectivity index is 2.42. The normalized spacial score (nSPS) is 13.8. The van der Waals surface area contributed by atoms with Crippen LogP contribution in [0.4, 0.5) is 10.1 Å². The summed E-state index contributed by atoms with van der Waals surface area (Å²) < 4.78 is 15.0. The summed E-state index contributed by atoms with van der Waals surface area (Å²) in [7, 11) is 1.96. The van der Waals surface area contributed by atoms with E-state index in [4.69, 9.17) is 5.73 Å². The first-order chi connectivity index (χ1) is 9.91. The van der Waals surface area contributed by atoms with Crippen molar-refractivity contribution in [2.45, 2.75) is 25.9 Å². The molecule has 0 saturated heterocycles. The van der Waals surface area contributed by atoms with Gasteiger partial charge in [-0.3, -0.25) is 0 Å². The van der Waals surface area contributed by atoms with Crippen molar-refractivity contribution in [3.05, 3.63) is 63.9 Å². The molecule has 0 bridgehead atoms. The molecule has 2 atom stereocenters. The van der Waals surface area contributed by atoms with Gasteiger partial charge in [-0.05, 0) is 37.6 Å². The van der Waals surface area contributed by atoms with Crippen LogP contribution in [0, 0.1) is 5.82 Å². The molecule has 0 fully saturated rings. The fourth-order valence-electron chi connectivity index (χ4n) is 2.44. The van der Waals surface area contributed by atoms with Crippen molar-refractivity contribution in [2.24, 2.45) is 5.73 Å². The van der Waals surface area contributed by atoms with Crippen molar-refractivity contribution in [1.82, 2.24) is 0 Å². The van der Waals surface area contributed by atoms with E-state index in [2.05, 4.69) is 20.8 Å². The average Bonchev–Trinajstić information content (AvgIpc) is 2.45. The van der Waals surface area contributed by atoms with E-state index < -0.39 is 0 Å². The molecule has 2 N–H and O–H groups in total. The molecule has 2 aromatic carbocycles. The highest BCUT2D eigenvalue weighted by Gasteiger charge is 2.19. The third-order valence-corrected chi connectivity index (χ3v) is 4.29. The van der Waals surface area contributed by atoms with Crippen LogP contribution in [0.3, 0.4) is 0 Å². The predicted molar refractivity (Wildman–Crippen MR) is 90.0 cm³/mol. The maximum absolute atomic E-state index is 14.0. The topological polar surface area (TPSA) is 29.3 Å². The highest BCUT2D eigenvalue weighted by molar-refractivity contribution is 9.10. The Labute approximate surface area is 133 Å². The standard InChI is InChI=1S/C17H20BrFN2/c1-11(20)14-9-8-13(18)10-17(14)21(3)12(2)15-6-4-5-7-16(15)19/h4-12H,20H2,1-3H3. The van der Waals surface area contributed by atoms with Gasteiger partial charge in [0.15, 0.2) is 0 Å². The van der Waals surface area contributed by atoms with Crippen LogP contribution in [-0.2, 0) is 0 Å². The Morgan fingerprint density at radius 3 is 2.38 bits per heavy atom. The van der Waals surface area contributed by atoms with Crippen LogP contribution in [0.15, 0.2) is 46.9 Å².